The summed E-state index contributed by atoms with van der Waals surface area (Å²) in [5, 5.41) is 0.685. The topological polar surface area (TPSA) is 51.7 Å². The van der Waals surface area contributed by atoms with Gasteiger partial charge in [-0.15, -0.1) is 0 Å². The second kappa shape index (κ2) is 8.71. The van der Waals surface area contributed by atoms with Gasteiger partial charge in [0, 0.05) is 12.1 Å². The summed E-state index contributed by atoms with van der Waals surface area (Å²) in [4.78, 5) is 19.5. The number of halogens is 1. The van der Waals surface area contributed by atoms with Crippen molar-refractivity contribution >= 4 is 48.5 Å². The molecule has 1 aromatic heterocycles. The van der Waals surface area contributed by atoms with E-state index in [2.05, 4.69) is 20.9 Å². The van der Waals surface area contributed by atoms with Gasteiger partial charge in [0.25, 0.3) is 5.91 Å². The number of fused-ring (bicyclic) bond motifs is 1. The van der Waals surface area contributed by atoms with Crippen molar-refractivity contribution in [1.29, 1.82) is 0 Å². The maximum atomic E-state index is 13.2. The van der Waals surface area contributed by atoms with E-state index >= 15 is 0 Å². The van der Waals surface area contributed by atoms with Gasteiger partial charge < -0.3 is 9.47 Å². The summed E-state index contributed by atoms with van der Waals surface area (Å²) in [5.74, 6) is 1.01. The average Bonchev–Trinajstić information content (AvgIpc) is 3.10. The molecule has 0 saturated carbocycles. The summed E-state index contributed by atoms with van der Waals surface area (Å²) in [6, 6.07) is 11.4. The van der Waals surface area contributed by atoms with Crippen LogP contribution in [0.1, 0.15) is 30.6 Å². The number of aromatic nitrogens is 1. The minimum Gasteiger partial charge on any atom is -0.493 e. The monoisotopic (exact) mass is 448 g/mol. The number of ether oxygens (including phenoxy) is 2. The Labute approximate surface area is 171 Å². The highest BCUT2D eigenvalue weighted by Gasteiger charge is 2.22. The fourth-order valence-corrected chi connectivity index (χ4v) is 4.27. The fourth-order valence-electron chi connectivity index (χ4n) is 2.68. The zero-order valence-electron chi connectivity index (χ0n) is 15.5. The zero-order chi connectivity index (χ0) is 19.4. The summed E-state index contributed by atoms with van der Waals surface area (Å²) in [5.41, 5.74) is 1.41. The third-order valence-corrected chi connectivity index (χ3v) is 5.65. The third kappa shape index (κ3) is 4.09. The molecule has 3 rings (SSSR count). The summed E-state index contributed by atoms with van der Waals surface area (Å²) < 4.78 is 12.9. The van der Waals surface area contributed by atoms with Gasteiger partial charge in [-0.1, -0.05) is 30.4 Å². The minimum atomic E-state index is -0.127. The molecule has 3 aromatic rings. The van der Waals surface area contributed by atoms with Crippen molar-refractivity contribution in [2.24, 2.45) is 0 Å². The quantitative estimate of drug-likeness (QED) is 0.477. The molecule has 142 valence electrons. The highest BCUT2D eigenvalue weighted by atomic mass is 79.9. The Morgan fingerprint density at radius 2 is 2.04 bits per heavy atom. The lowest BCUT2D eigenvalue weighted by molar-refractivity contribution is 0.0988. The van der Waals surface area contributed by atoms with Gasteiger partial charge in [-0.3, -0.25) is 9.69 Å². The van der Waals surface area contributed by atoms with Gasteiger partial charge in [0.15, 0.2) is 16.6 Å². The first-order valence-corrected chi connectivity index (χ1v) is 10.4. The van der Waals surface area contributed by atoms with Crippen molar-refractivity contribution < 1.29 is 14.3 Å². The Morgan fingerprint density at radius 1 is 1.26 bits per heavy atom. The van der Waals surface area contributed by atoms with Gasteiger partial charge >= 0.3 is 0 Å². The molecular formula is C20H21BrN2O3S. The Hall–Kier alpha value is -2.12. The van der Waals surface area contributed by atoms with Gasteiger partial charge in [-0.05, 0) is 53.5 Å². The molecule has 27 heavy (non-hydrogen) atoms. The van der Waals surface area contributed by atoms with Gasteiger partial charge in [-0.25, -0.2) is 4.98 Å². The molecule has 0 saturated heterocycles. The number of hydrogen-bond donors (Lipinski definition) is 0. The largest absolute Gasteiger partial charge is 0.493 e. The number of rotatable bonds is 7. The number of benzene rings is 2. The Kier molecular flexibility index (Phi) is 6.34. The molecule has 5 nitrogen and oxygen atoms in total. The number of methoxy groups -OCH3 is 1. The smallest absolute Gasteiger partial charge is 0.260 e. The van der Waals surface area contributed by atoms with Crippen LogP contribution in [0.2, 0.25) is 0 Å². The average molecular weight is 449 g/mol. The van der Waals surface area contributed by atoms with Gasteiger partial charge in [0.1, 0.15) is 0 Å². The van der Waals surface area contributed by atoms with E-state index in [1.54, 1.807) is 24.1 Å². The molecule has 0 fully saturated rings. The van der Waals surface area contributed by atoms with E-state index in [0.717, 1.165) is 16.6 Å². The fraction of sp³-hybridized carbons (Fsp3) is 0.300. The second-order valence-electron chi connectivity index (χ2n) is 5.85. The first-order chi connectivity index (χ1) is 13.1. The lowest BCUT2D eigenvalue weighted by Crippen LogP contribution is -2.30. The number of para-hydroxylation sites is 1. The van der Waals surface area contributed by atoms with E-state index in [9.17, 15) is 4.79 Å². The van der Waals surface area contributed by atoms with Crippen molar-refractivity contribution in [3.63, 3.8) is 0 Å². The van der Waals surface area contributed by atoms with Gasteiger partial charge in [-0.2, -0.15) is 0 Å². The molecule has 0 aliphatic heterocycles. The zero-order valence-corrected chi connectivity index (χ0v) is 17.9. The summed E-state index contributed by atoms with van der Waals surface area (Å²) in [6.45, 7) is 5.08. The first kappa shape index (κ1) is 19.6. The lowest BCUT2D eigenvalue weighted by atomic mass is 10.1. The number of hydrogen-bond acceptors (Lipinski definition) is 5. The van der Waals surface area contributed by atoms with Crippen molar-refractivity contribution in [2.75, 3.05) is 25.2 Å². The molecule has 0 radical (unpaired) electrons. The van der Waals surface area contributed by atoms with E-state index in [-0.39, 0.29) is 5.91 Å². The molecule has 2 aromatic carbocycles. The van der Waals surface area contributed by atoms with E-state index < -0.39 is 0 Å². The maximum Gasteiger partial charge on any atom is 0.260 e. The summed E-state index contributed by atoms with van der Waals surface area (Å²) >= 11 is 5.01. The van der Waals surface area contributed by atoms with E-state index in [1.165, 1.54) is 11.3 Å². The molecule has 1 amide bonds. The predicted molar refractivity (Wildman–Crippen MR) is 113 cm³/mol. The van der Waals surface area contributed by atoms with Crippen molar-refractivity contribution in [3.05, 3.63) is 46.4 Å². The number of amides is 1. The van der Waals surface area contributed by atoms with E-state index in [0.29, 0.717) is 39.8 Å². The van der Waals surface area contributed by atoms with Crippen LogP contribution in [0.4, 0.5) is 5.13 Å². The Morgan fingerprint density at radius 3 is 2.70 bits per heavy atom. The molecule has 7 heteroatoms. The number of nitrogens with zero attached hydrogens (tertiary/aromatic N) is 2. The molecule has 0 spiro atoms. The van der Waals surface area contributed by atoms with Crippen LogP contribution >= 0.6 is 27.3 Å². The van der Waals surface area contributed by atoms with Crippen molar-refractivity contribution in [3.8, 4) is 11.5 Å². The maximum absolute atomic E-state index is 13.2. The molecule has 0 bridgehead atoms. The highest BCUT2D eigenvalue weighted by Crippen LogP contribution is 2.38. The molecule has 0 aliphatic rings. The predicted octanol–water partition coefficient (Wildman–Crippen LogP) is 5.52. The molecule has 0 unspecified atom stereocenters. The van der Waals surface area contributed by atoms with Crippen molar-refractivity contribution in [2.45, 2.75) is 20.3 Å². The molecular weight excluding hydrogens is 428 g/mol. The SMILES string of the molecule is CCCOc1c(Br)cc(C(=O)N(CC)c2nc3ccccc3s2)cc1OC. The number of thiazole rings is 1. The first-order valence-electron chi connectivity index (χ1n) is 8.76. The van der Waals surface area contributed by atoms with Crippen LogP contribution in [0.15, 0.2) is 40.9 Å². The molecule has 1 heterocycles. The van der Waals surface area contributed by atoms with Gasteiger partial charge in [0.2, 0.25) is 0 Å². The van der Waals surface area contributed by atoms with Crippen LogP contribution < -0.4 is 14.4 Å². The van der Waals surface area contributed by atoms with Gasteiger partial charge in [0.05, 0.1) is 28.4 Å². The van der Waals surface area contributed by atoms with Crippen LogP contribution in [0.25, 0.3) is 10.2 Å². The molecule has 0 N–H and O–H groups in total. The minimum absolute atomic E-state index is 0.127. The number of carbonyl (C=O) groups excluding carboxylic acids is 1. The highest BCUT2D eigenvalue weighted by molar-refractivity contribution is 9.10. The molecule has 0 atom stereocenters. The second-order valence-corrected chi connectivity index (χ2v) is 7.71. The van der Waals surface area contributed by atoms with Crippen LogP contribution in [-0.4, -0.2) is 31.2 Å². The normalized spacial score (nSPS) is 10.8. The van der Waals surface area contributed by atoms with E-state index in [1.807, 2.05) is 38.1 Å². The Balaban J connectivity index is 1.96. The van der Waals surface area contributed by atoms with E-state index in [4.69, 9.17) is 9.47 Å². The van der Waals surface area contributed by atoms with Crippen LogP contribution in [0.5, 0.6) is 11.5 Å². The van der Waals surface area contributed by atoms with Crippen LogP contribution in [0.3, 0.4) is 0 Å². The summed E-state index contributed by atoms with van der Waals surface area (Å²) in [7, 11) is 1.57. The van der Waals surface area contributed by atoms with Crippen LogP contribution in [0, 0.1) is 0 Å². The standard InChI is InChI=1S/C20H21BrN2O3S/c1-4-10-26-18-14(21)11-13(12-16(18)25-3)19(24)23(5-2)20-22-15-8-6-7-9-17(15)27-20/h6-9,11-12H,4-5,10H2,1-3H3. The number of carbonyl (C=O) groups is 1. The number of anilines is 1. The third-order valence-electron chi connectivity index (χ3n) is 4.00. The Bertz CT molecular complexity index is 925. The summed E-state index contributed by atoms with van der Waals surface area (Å²) in [6.07, 6.45) is 0.886. The molecule has 0 aliphatic carbocycles. The van der Waals surface area contributed by atoms with Crippen molar-refractivity contribution in [1.82, 2.24) is 4.98 Å². The lowest BCUT2D eigenvalue weighted by Gasteiger charge is -2.19. The van der Waals surface area contributed by atoms with Crippen LogP contribution in [-0.2, 0) is 0 Å².